The van der Waals surface area contributed by atoms with E-state index in [4.69, 9.17) is 9.47 Å². The van der Waals surface area contributed by atoms with Crippen LogP contribution in [0.5, 0.6) is 11.6 Å². The molecule has 0 bridgehead atoms. The van der Waals surface area contributed by atoms with E-state index in [1.807, 2.05) is 19.1 Å². The van der Waals surface area contributed by atoms with Crippen molar-refractivity contribution in [2.45, 2.75) is 19.8 Å². The number of fused-ring (bicyclic) bond motifs is 1. The Hall–Kier alpha value is -1.62. The molecule has 0 N–H and O–H groups in total. The van der Waals surface area contributed by atoms with E-state index >= 15 is 0 Å². The first-order valence-corrected chi connectivity index (χ1v) is 6.57. The summed E-state index contributed by atoms with van der Waals surface area (Å²) < 4.78 is 11.3. The molecule has 0 atom stereocenters. The molecule has 18 heavy (non-hydrogen) atoms. The van der Waals surface area contributed by atoms with Gasteiger partial charge in [0.05, 0.1) is 29.3 Å². The highest BCUT2D eigenvalue weighted by Gasteiger charge is 2.14. The van der Waals surface area contributed by atoms with Gasteiger partial charge in [0.2, 0.25) is 0 Å². The summed E-state index contributed by atoms with van der Waals surface area (Å²) in [6.07, 6.45) is 1.42. The third-order valence-electron chi connectivity index (χ3n) is 2.60. The van der Waals surface area contributed by atoms with E-state index in [9.17, 15) is 4.79 Å². The molecule has 5 heteroatoms. The molecule has 0 amide bonds. The van der Waals surface area contributed by atoms with Crippen molar-refractivity contribution in [2.75, 3.05) is 14.2 Å². The van der Waals surface area contributed by atoms with Crippen LogP contribution < -0.4 is 9.47 Å². The van der Waals surface area contributed by atoms with Crippen molar-refractivity contribution >= 4 is 27.3 Å². The molecule has 0 aliphatic carbocycles. The van der Waals surface area contributed by atoms with Crippen LogP contribution in [0.4, 0.5) is 0 Å². The fourth-order valence-corrected chi connectivity index (χ4v) is 2.71. The van der Waals surface area contributed by atoms with Gasteiger partial charge in [-0.2, -0.15) is 0 Å². The van der Waals surface area contributed by atoms with Crippen LogP contribution in [0.3, 0.4) is 0 Å². The van der Waals surface area contributed by atoms with Crippen molar-refractivity contribution in [1.29, 1.82) is 0 Å². The summed E-state index contributed by atoms with van der Waals surface area (Å²) in [6.45, 7) is 2.00. The monoisotopic (exact) mass is 265 g/mol. The molecule has 0 unspecified atom stereocenters. The molecule has 2 heterocycles. The Balaban J connectivity index is 2.47. The molecule has 0 aliphatic heterocycles. The van der Waals surface area contributed by atoms with Gasteiger partial charge in [-0.25, -0.2) is 4.98 Å². The van der Waals surface area contributed by atoms with Gasteiger partial charge >= 0.3 is 0 Å². The second kappa shape index (κ2) is 5.35. The minimum atomic E-state index is 0.165. The molecule has 0 radical (unpaired) electrons. The zero-order chi connectivity index (χ0) is 13.1. The second-order valence-electron chi connectivity index (χ2n) is 3.87. The number of ether oxygens (including phenoxy) is 2. The highest BCUT2D eigenvalue weighted by atomic mass is 32.1. The van der Waals surface area contributed by atoms with Gasteiger partial charge in [-0.05, 0) is 12.5 Å². The summed E-state index contributed by atoms with van der Waals surface area (Å²) >= 11 is 1.45. The summed E-state index contributed by atoms with van der Waals surface area (Å²) in [6, 6.07) is 3.68. The number of methoxy groups -OCH3 is 2. The number of thiophene rings is 1. The van der Waals surface area contributed by atoms with Crippen LogP contribution in [-0.2, 0) is 0 Å². The first kappa shape index (κ1) is 12.8. The number of nitrogens with zero attached hydrogens (tertiary/aromatic N) is 1. The Labute approximate surface area is 110 Å². The first-order chi connectivity index (χ1) is 8.69. The van der Waals surface area contributed by atoms with Crippen molar-refractivity contribution < 1.29 is 14.3 Å². The molecule has 2 aromatic rings. The SMILES string of the molecule is CCCC(=O)c1cc2nc(OC)c(OC)cc2s1. The fraction of sp³-hybridized carbons (Fsp3) is 0.385. The zero-order valence-electron chi connectivity index (χ0n) is 10.6. The third kappa shape index (κ3) is 2.31. The largest absolute Gasteiger partial charge is 0.491 e. The van der Waals surface area contributed by atoms with Crippen molar-refractivity contribution in [1.82, 2.24) is 4.98 Å². The van der Waals surface area contributed by atoms with Crippen LogP contribution in [-0.4, -0.2) is 25.0 Å². The fourth-order valence-electron chi connectivity index (χ4n) is 1.71. The maximum Gasteiger partial charge on any atom is 0.257 e. The quantitative estimate of drug-likeness (QED) is 0.778. The highest BCUT2D eigenvalue weighted by Crippen LogP contribution is 2.33. The van der Waals surface area contributed by atoms with Gasteiger partial charge in [-0.3, -0.25) is 4.79 Å². The number of ketones is 1. The average molecular weight is 265 g/mol. The average Bonchev–Trinajstić information content (AvgIpc) is 2.80. The van der Waals surface area contributed by atoms with Gasteiger partial charge in [0.15, 0.2) is 11.5 Å². The number of Topliss-reactive ketones (excluding diaryl/α,β-unsaturated/α-hetero) is 1. The summed E-state index contributed by atoms with van der Waals surface area (Å²) in [5, 5.41) is 0. The number of aromatic nitrogens is 1. The smallest absolute Gasteiger partial charge is 0.257 e. The number of hydrogen-bond acceptors (Lipinski definition) is 5. The van der Waals surface area contributed by atoms with E-state index in [1.54, 1.807) is 14.2 Å². The summed E-state index contributed by atoms with van der Waals surface area (Å²) in [5.41, 5.74) is 0.775. The predicted molar refractivity (Wildman–Crippen MR) is 72.0 cm³/mol. The maximum absolute atomic E-state index is 11.8. The van der Waals surface area contributed by atoms with Crippen LogP contribution in [0.1, 0.15) is 29.4 Å². The Morgan fingerprint density at radius 2 is 2.11 bits per heavy atom. The lowest BCUT2D eigenvalue weighted by Gasteiger charge is -2.05. The summed E-state index contributed by atoms with van der Waals surface area (Å²) in [7, 11) is 3.12. The van der Waals surface area contributed by atoms with E-state index in [1.165, 1.54) is 11.3 Å². The third-order valence-corrected chi connectivity index (χ3v) is 3.71. The van der Waals surface area contributed by atoms with Crippen molar-refractivity contribution in [3.63, 3.8) is 0 Å². The molecule has 0 saturated carbocycles. The molecule has 0 saturated heterocycles. The van der Waals surface area contributed by atoms with Gasteiger partial charge in [0.1, 0.15) is 0 Å². The van der Waals surface area contributed by atoms with Crippen LogP contribution in [0.2, 0.25) is 0 Å². The molecule has 0 spiro atoms. The minimum Gasteiger partial charge on any atom is -0.491 e. The standard InChI is InChI=1S/C13H15NO3S/c1-4-5-9(15)12-6-8-11(18-12)7-10(16-2)13(14-8)17-3/h6-7H,4-5H2,1-3H3. The highest BCUT2D eigenvalue weighted by molar-refractivity contribution is 7.20. The number of hydrogen-bond donors (Lipinski definition) is 0. The van der Waals surface area contributed by atoms with Crippen LogP contribution in [0.25, 0.3) is 10.2 Å². The van der Waals surface area contributed by atoms with E-state index in [2.05, 4.69) is 4.98 Å². The Bertz CT molecular complexity index is 536. The zero-order valence-corrected chi connectivity index (χ0v) is 11.5. The number of pyridine rings is 1. The normalized spacial score (nSPS) is 10.6. The van der Waals surface area contributed by atoms with Gasteiger partial charge in [-0.1, -0.05) is 6.92 Å². The molecule has 0 aromatic carbocycles. The molecule has 4 nitrogen and oxygen atoms in total. The number of rotatable bonds is 5. The maximum atomic E-state index is 11.8. The molecule has 0 fully saturated rings. The Morgan fingerprint density at radius 1 is 1.33 bits per heavy atom. The first-order valence-electron chi connectivity index (χ1n) is 5.75. The lowest BCUT2D eigenvalue weighted by atomic mass is 10.2. The van der Waals surface area contributed by atoms with Crippen molar-refractivity contribution in [3.05, 3.63) is 17.0 Å². The molecule has 0 aliphatic rings. The number of carbonyl (C=O) groups is 1. The van der Waals surface area contributed by atoms with E-state index in [0.717, 1.165) is 21.5 Å². The van der Waals surface area contributed by atoms with Crippen LogP contribution in [0, 0.1) is 0 Å². The predicted octanol–water partition coefficient (Wildman–Crippen LogP) is 3.30. The second-order valence-corrected chi connectivity index (χ2v) is 4.95. The molecular weight excluding hydrogens is 250 g/mol. The molecule has 2 rings (SSSR count). The minimum absolute atomic E-state index is 0.165. The van der Waals surface area contributed by atoms with Gasteiger partial charge in [-0.15, -0.1) is 11.3 Å². The topological polar surface area (TPSA) is 48.4 Å². The number of carbonyl (C=O) groups excluding carboxylic acids is 1. The molecule has 2 aromatic heterocycles. The van der Waals surface area contributed by atoms with Crippen LogP contribution >= 0.6 is 11.3 Å². The van der Waals surface area contributed by atoms with Gasteiger partial charge < -0.3 is 9.47 Å². The van der Waals surface area contributed by atoms with E-state index in [-0.39, 0.29) is 5.78 Å². The van der Waals surface area contributed by atoms with Gasteiger partial charge in [0.25, 0.3) is 5.88 Å². The van der Waals surface area contributed by atoms with Crippen LogP contribution in [0.15, 0.2) is 12.1 Å². The Kier molecular flexibility index (Phi) is 3.81. The summed E-state index contributed by atoms with van der Waals surface area (Å²) in [5.74, 6) is 1.19. The van der Waals surface area contributed by atoms with Crippen molar-refractivity contribution in [2.24, 2.45) is 0 Å². The lowest BCUT2D eigenvalue weighted by Crippen LogP contribution is -1.93. The van der Waals surface area contributed by atoms with E-state index < -0.39 is 0 Å². The van der Waals surface area contributed by atoms with Gasteiger partial charge in [0, 0.05) is 12.5 Å². The molecule has 96 valence electrons. The van der Waals surface area contributed by atoms with E-state index in [0.29, 0.717) is 18.1 Å². The lowest BCUT2D eigenvalue weighted by molar-refractivity contribution is 0.0985. The molecular formula is C13H15NO3S. The summed E-state index contributed by atoms with van der Waals surface area (Å²) in [4.78, 5) is 16.9. The Morgan fingerprint density at radius 3 is 2.72 bits per heavy atom. The van der Waals surface area contributed by atoms with Crippen molar-refractivity contribution in [3.8, 4) is 11.6 Å².